The number of aliphatic hydroxyl groups is 1. The van der Waals surface area contributed by atoms with Crippen LogP contribution in [0.1, 0.15) is 38.7 Å². The Morgan fingerprint density at radius 2 is 2.00 bits per heavy atom. The summed E-state index contributed by atoms with van der Waals surface area (Å²) < 4.78 is 10.9. The predicted octanol–water partition coefficient (Wildman–Crippen LogP) is 3.71. The number of rotatable bonds is 9. The molecule has 1 aromatic rings. The van der Waals surface area contributed by atoms with E-state index >= 15 is 0 Å². The second kappa shape index (κ2) is 9.56. The van der Waals surface area contributed by atoms with Crippen molar-refractivity contribution in [3.05, 3.63) is 41.5 Å². The van der Waals surface area contributed by atoms with Gasteiger partial charge in [0.15, 0.2) is 0 Å². The lowest BCUT2D eigenvalue weighted by Gasteiger charge is -2.12. The van der Waals surface area contributed by atoms with Crippen molar-refractivity contribution in [1.29, 1.82) is 0 Å². The molecular formula is C17H26O3. The fourth-order valence-electron chi connectivity index (χ4n) is 1.95. The smallest absolute Gasteiger partial charge is 0.118 e. The third-order valence-corrected chi connectivity index (χ3v) is 3.20. The summed E-state index contributed by atoms with van der Waals surface area (Å²) in [7, 11) is 1.66. The molecule has 112 valence electrons. The molecule has 0 heterocycles. The normalized spacial score (nSPS) is 13.3. The van der Waals surface area contributed by atoms with E-state index < -0.39 is 0 Å². The fraction of sp³-hybridized carbons (Fsp3) is 0.529. The average Bonchev–Trinajstić information content (AvgIpc) is 2.49. The number of unbranched alkanes of at least 4 members (excludes halogenated alkanes) is 1. The van der Waals surface area contributed by atoms with Crippen LogP contribution in [0.3, 0.4) is 0 Å². The molecule has 1 N–H and O–H groups in total. The lowest BCUT2D eigenvalue weighted by Crippen LogP contribution is -2.07. The molecule has 0 saturated heterocycles. The van der Waals surface area contributed by atoms with Gasteiger partial charge in [-0.05, 0) is 43.0 Å². The minimum absolute atomic E-state index is 0.0103. The van der Waals surface area contributed by atoms with Crippen molar-refractivity contribution in [2.24, 2.45) is 0 Å². The molecule has 0 aliphatic carbocycles. The molecule has 0 saturated carbocycles. The second-order valence-corrected chi connectivity index (χ2v) is 4.95. The zero-order valence-electron chi connectivity index (χ0n) is 12.8. The molecule has 1 rings (SSSR count). The molecule has 0 radical (unpaired) electrons. The van der Waals surface area contributed by atoms with E-state index in [2.05, 4.69) is 6.92 Å². The molecule has 1 aromatic carbocycles. The summed E-state index contributed by atoms with van der Waals surface area (Å²) in [6.07, 6.45) is 5.23. The summed E-state index contributed by atoms with van der Waals surface area (Å²) in [4.78, 5) is 0. The quantitative estimate of drug-likeness (QED) is 0.700. The van der Waals surface area contributed by atoms with Crippen LogP contribution in [0.15, 0.2) is 35.9 Å². The summed E-state index contributed by atoms with van der Waals surface area (Å²) >= 11 is 0. The maximum absolute atomic E-state index is 9.31. The van der Waals surface area contributed by atoms with Crippen LogP contribution in [0.2, 0.25) is 0 Å². The maximum Gasteiger partial charge on any atom is 0.118 e. The largest absolute Gasteiger partial charge is 0.497 e. The van der Waals surface area contributed by atoms with E-state index in [1.807, 2.05) is 37.3 Å². The molecule has 3 heteroatoms. The van der Waals surface area contributed by atoms with E-state index in [4.69, 9.17) is 9.47 Å². The van der Waals surface area contributed by atoms with Gasteiger partial charge in [0.1, 0.15) is 5.75 Å². The van der Waals surface area contributed by atoms with Gasteiger partial charge in [-0.3, -0.25) is 0 Å². The maximum atomic E-state index is 9.31. The van der Waals surface area contributed by atoms with Gasteiger partial charge in [0.25, 0.3) is 0 Å². The molecular weight excluding hydrogens is 252 g/mol. The van der Waals surface area contributed by atoms with Crippen LogP contribution in [-0.2, 0) is 11.3 Å². The zero-order valence-corrected chi connectivity index (χ0v) is 12.8. The number of benzene rings is 1. The number of aliphatic hydroxyl groups excluding tert-OH is 1. The summed E-state index contributed by atoms with van der Waals surface area (Å²) in [5.41, 5.74) is 2.18. The Morgan fingerprint density at radius 3 is 2.55 bits per heavy atom. The Balaban J connectivity index is 2.44. The number of hydrogen-bond acceptors (Lipinski definition) is 3. The third kappa shape index (κ3) is 6.22. The molecule has 0 amide bonds. The molecule has 0 bridgehead atoms. The zero-order chi connectivity index (χ0) is 14.8. The number of methoxy groups -OCH3 is 1. The Kier molecular flexibility index (Phi) is 8.00. The van der Waals surface area contributed by atoms with Gasteiger partial charge in [0.2, 0.25) is 0 Å². The van der Waals surface area contributed by atoms with Gasteiger partial charge >= 0.3 is 0 Å². The highest BCUT2D eigenvalue weighted by Gasteiger charge is 2.03. The average molecular weight is 278 g/mol. The molecule has 3 nitrogen and oxygen atoms in total. The Hall–Kier alpha value is -1.32. The first-order valence-electron chi connectivity index (χ1n) is 7.24. The lowest BCUT2D eigenvalue weighted by atomic mass is 10.1. The first-order chi connectivity index (χ1) is 9.69. The van der Waals surface area contributed by atoms with Gasteiger partial charge in [-0.2, -0.15) is 0 Å². The monoisotopic (exact) mass is 278 g/mol. The van der Waals surface area contributed by atoms with Gasteiger partial charge in [-0.25, -0.2) is 0 Å². The van der Waals surface area contributed by atoms with Gasteiger partial charge in [0, 0.05) is 0 Å². The molecule has 0 spiro atoms. The number of ether oxygens (including phenoxy) is 2. The van der Waals surface area contributed by atoms with Crippen LogP contribution in [0.25, 0.3) is 0 Å². The van der Waals surface area contributed by atoms with Gasteiger partial charge in [-0.15, -0.1) is 0 Å². The number of hydrogen-bond donors (Lipinski definition) is 1. The fourth-order valence-corrected chi connectivity index (χ4v) is 1.95. The highest BCUT2D eigenvalue weighted by atomic mass is 16.5. The molecule has 0 aromatic heterocycles. The van der Waals surface area contributed by atoms with E-state index in [0.29, 0.717) is 6.61 Å². The summed E-state index contributed by atoms with van der Waals surface area (Å²) in [6.45, 7) is 4.84. The molecule has 1 atom stereocenters. The molecule has 0 unspecified atom stereocenters. The second-order valence-electron chi connectivity index (χ2n) is 4.95. The van der Waals surface area contributed by atoms with E-state index in [0.717, 1.165) is 36.1 Å². The van der Waals surface area contributed by atoms with Crippen LogP contribution in [0.4, 0.5) is 0 Å². The minimum atomic E-state index is 0.0103. The predicted molar refractivity (Wildman–Crippen MR) is 81.9 cm³/mol. The minimum Gasteiger partial charge on any atom is -0.497 e. The first kappa shape index (κ1) is 16.7. The van der Waals surface area contributed by atoms with Crippen molar-refractivity contribution in [3.63, 3.8) is 0 Å². The highest BCUT2D eigenvalue weighted by molar-refractivity contribution is 5.26. The standard InChI is InChI=1S/C17H26O3/c1-4-5-6-16(12-18)11-14(2)20-13-15-7-9-17(19-3)10-8-15/h7-11,14,18H,4-6,12-13H2,1-3H3/b16-11+/t14-/m0/s1. The van der Waals surface area contributed by atoms with Crippen LogP contribution >= 0.6 is 0 Å². The van der Waals surface area contributed by atoms with Gasteiger partial charge in [0.05, 0.1) is 26.4 Å². The topological polar surface area (TPSA) is 38.7 Å². The van der Waals surface area contributed by atoms with Crippen molar-refractivity contribution in [1.82, 2.24) is 0 Å². The van der Waals surface area contributed by atoms with Crippen LogP contribution < -0.4 is 4.74 Å². The molecule has 0 aliphatic rings. The first-order valence-corrected chi connectivity index (χ1v) is 7.24. The Bertz CT molecular complexity index is 395. The van der Waals surface area contributed by atoms with Gasteiger partial charge < -0.3 is 14.6 Å². The van der Waals surface area contributed by atoms with Crippen LogP contribution in [0, 0.1) is 0 Å². The summed E-state index contributed by atoms with van der Waals surface area (Å²) in [5.74, 6) is 0.851. The van der Waals surface area contributed by atoms with E-state index in [1.165, 1.54) is 0 Å². The van der Waals surface area contributed by atoms with Crippen LogP contribution in [-0.4, -0.2) is 24.9 Å². The van der Waals surface area contributed by atoms with Gasteiger partial charge in [-0.1, -0.05) is 31.6 Å². The van der Waals surface area contributed by atoms with Crippen molar-refractivity contribution in [2.45, 2.75) is 45.8 Å². The molecule has 0 aliphatic heterocycles. The van der Waals surface area contributed by atoms with E-state index in [-0.39, 0.29) is 12.7 Å². The summed E-state index contributed by atoms with van der Waals surface area (Å²) in [6, 6.07) is 7.86. The molecule has 0 fully saturated rings. The Labute approximate surface area is 122 Å². The van der Waals surface area contributed by atoms with E-state index in [9.17, 15) is 5.11 Å². The Morgan fingerprint density at radius 1 is 1.30 bits per heavy atom. The van der Waals surface area contributed by atoms with Crippen molar-refractivity contribution < 1.29 is 14.6 Å². The SMILES string of the molecule is CCCC/C(=C\[C@H](C)OCc1ccc(OC)cc1)CO. The highest BCUT2D eigenvalue weighted by Crippen LogP contribution is 2.14. The molecule has 20 heavy (non-hydrogen) atoms. The van der Waals surface area contributed by atoms with Crippen molar-refractivity contribution >= 4 is 0 Å². The third-order valence-electron chi connectivity index (χ3n) is 3.20. The summed E-state index contributed by atoms with van der Waals surface area (Å²) in [5, 5.41) is 9.31. The lowest BCUT2D eigenvalue weighted by molar-refractivity contribution is 0.0829. The van der Waals surface area contributed by atoms with Crippen LogP contribution in [0.5, 0.6) is 5.75 Å². The van der Waals surface area contributed by atoms with E-state index in [1.54, 1.807) is 7.11 Å². The van der Waals surface area contributed by atoms with Crippen molar-refractivity contribution in [2.75, 3.05) is 13.7 Å². The van der Waals surface area contributed by atoms with Crippen molar-refractivity contribution in [3.8, 4) is 5.75 Å².